The van der Waals surface area contributed by atoms with Crippen LogP contribution in [-0.4, -0.2) is 69.2 Å². The Bertz CT molecular complexity index is 1120. The van der Waals surface area contributed by atoms with Crippen molar-refractivity contribution in [2.75, 3.05) is 50.0 Å². The lowest BCUT2D eigenvalue weighted by molar-refractivity contribution is -0.122. The molecular formula is C22H25ClN4O4S. The van der Waals surface area contributed by atoms with Gasteiger partial charge in [-0.2, -0.15) is 4.31 Å². The molecule has 2 heterocycles. The molecule has 10 heteroatoms. The maximum absolute atomic E-state index is 12.8. The van der Waals surface area contributed by atoms with Crippen LogP contribution in [0.3, 0.4) is 0 Å². The van der Waals surface area contributed by atoms with Crippen LogP contribution in [0.15, 0.2) is 53.4 Å². The lowest BCUT2D eigenvalue weighted by atomic mass is 10.1. The topological polar surface area (TPSA) is 90.0 Å². The van der Waals surface area contributed by atoms with Gasteiger partial charge < -0.3 is 15.1 Å². The number of amides is 2. The Hall–Kier alpha value is -2.46. The van der Waals surface area contributed by atoms with Gasteiger partial charge in [0.15, 0.2) is 0 Å². The van der Waals surface area contributed by atoms with Gasteiger partial charge in [-0.3, -0.25) is 9.59 Å². The molecule has 2 aromatic rings. The minimum atomic E-state index is -3.56. The fourth-order valence-corrected chi connectivity index (χ4v) is 5.52. The Morgan fingerprint density at radius 2 is 1.75 bits per heavy atom. The summed E-state index contributed by atoms with van der Waals surface area (Å²) in [5.74, 6) is -0.922. The molecule has 2 aliphatic heterocycles. The Morgan fingerprint density at radius 1 is 1.06 bits per heavy atom. The first kappa shape index (κ1) is 22.7. The average molecular weight is 477 g/mol. The quantitative estimate of drug-likeness (QED) is 0.715. The van der Waals surface area contributed by atoms with Gasteiger partial charge in [0.1, 0.15) is 0 Å². The van der Waals surface area contributed by atoms with Crippen molar-refractivity contribution in [3.8, 4) is 0 Å². The normalized spacial score (nSPS) is 20.5. The molecule has 32 heavy (non-hydrogen) atoms. The van der Waals surface area contributed by atoms with Crippen molar-refractivity contribution in [3.05, 3.63) is 53.6 Å². The van der Waals surface area contributed by atoms with E-state index >= 15 is 0 Å². The molecular weight excluding hydrogens is 452 g/mol. The van der Waals surface area contributed by atoms with Crippen molar-refractivity contribution in [2.24, 2.45) is 5.92 Å². The molecule has 2 saturated heterocycles. The van der Waals surface area contributed by atoms with Crippen LogP contribution >= 0.6 is 11.6 Å². The average Bonchev–Trinajstić information content (AvgIpc) is 3.16. The Kier molecular flexibility index (Phi) is 6.52. The zero-order valence-electron chi connectivity index (χ0n) is 17.7. The monoisotopic (exact) mass is 476 g/mol. The number of carbonyl (C=O) groups is 2. The minimum absolute atomic E-state index is 0.105. The lowest BCUT2D eigenvalue weighted by Gasteiger charge is -2.31. The van der Waals surface area contributed by atoms with E-state index in [0.29, 0.717) is 42.6 Å². The second-order valence-corrected chi connectivity index (χ2v) is 10.5. The highest BCUT2D eigenvalue weighted by Gasteiger charge is 2.35. The smallest absolute Gasteiger partial charge is 0.243 e. The maximum atomic E-state index is 12.8. The third-order valence-corrected chi connectivity index (χ3v) is 7.99. The number of carbonyl (C=O) groups excluding carboxylic acids is 2. The number of rotatable bonds is 5. The predicted octanol–water partition coefficient (Wildman–Crippen LogP) is 2.27. The molecule has 4 rings (SSSR count). The van der Waals surface area contributed by atoms with Crippen LogP contribution in [0.4, 0.5) is 11.4 Å². The zero-order chi connectivity index (χ0) is 22.9. The van der Waals surface area contributed by atoms with E-state index < -0.39 is 15.9 Å². The third kappa shape index (κ3) is 4.80. The molecule has 0 bridgehead atoms. The molecule has 8 nitrogen and oxygen atoms in total. The number of hydrogen-bond donors (Lipinski definition) is 1. The van der Waals surface area contributed by atoms with E-state index in [-0.39, 0.29) is 29.7 Å². The third-order valence-electron chi connectivity index (χ3n) is 5.84. The number of piperazine rings is 1. The number of benzene rings is 2. The number of nitrogens with one attached hydrogen (secondary N) is 1. The SMILES string of the molecule is CN1CCN(S(=O)(=O)c2ccc(NC(=O)C3CC(=O)N(c4cccc(Cl)c4)C3)cc2)CC1. The predicted molar refractivity (Wildman–Crippen MR) is 123 cm³/mol. The summed E-state index contributed by atoms with van der Waals surface area (Å²) in [6, 6.07) is 13.1. The highest BCUT2D eigenvalue weighted by atomic mass is 35.5. The molecule has 1 atom stereocenters. The van der Waals surface area contributed by atoms with Gasteiger partial charge in [-0.1, -0.05) is 17.7 Å². The van der Waals surface area contributed by atoms with Crippen LogP contribution in [-0.2, 0) is 19.6 Å². The van der Waals surface area contributed by atoms with Crippen molar-refractivity contribution in [1.82, 2.24) is 9.21 Å². The summed E-state index contributed by atoms with van der Waals surface area (Å²) in [4.78, 5) is 29.0. The number of likely N-dealkylation sites (N-methyl/N-ethyl adjacent to an activating group) is 1. The molecule has 0 aromatic heterocycles. The fraction of sp³-hybridized carbons (Fsp3) is 0.364. The summed E-state index contributed by atoms with van der Waals surface area (Å²) in [7, 11) is -1.60. The molecule has 1 unspecified atom stereocenters. The minimum Gasteiger partial charge on any atom is -0.326 e. The van der Waals surface area contributed by atoms with Gasteiger partial charge in [0.05, 0.1) is 10.8 Å². The van der Waals surface area contributed by atoms with Gasteiger partial charge in [0, 0.05) is 55.5 Å². The Balaban J connectivity index is 1.39. The summed E-state index contributed by atoms with van der Waals surface area (Å²) in [5.41, 5.74) is 1.15. The van der Waals surface area contributed by atoms with Gasteiger partial charge in [0.2, 0.25) is 21.8 Å². The van der Waals surface area contributed by atoms with E-state index in [9.17, 15) is 18.0 Å². The second-order valence-electron chi connectivity index (χ2n) is 8.11. The van der Waals surface area contributed by atoms with Crippen molar-refractivity contribution >= 4 is 44.8 Å². The van der Waals surface area contributed by atoms with Gasteiger partial charge in [-0.25, -0.2) is 8.42 Å². The van der Waals surface area contributed by atoms with Crippen molar-refractivity contribution < 1.29 is 18.0 Å². The summed E-state index contributed by atoms with van der Waals surface area (Å²) < 4.78 is 27.2. The molecule has 0 radical (unpaired) electrons. The number of halogens is 1. The van der Waals surface area contributed by atoms with E-state index in [4.69, 9.17) is 11.6 Å². The maximum Gasteiger partial charge on any atom is 0.243 e. The van der Waals surface area contributed by atoms with E-state index in [0.717, 1.165) is 0 Å². The van der Waals surface area contributed by atoms with Crippen LogP contribution in [0.5, 0.6) is 0 Å². The summed E-state index contributed by atoms with van der Waals surface area (Å²) in [5, 5.41) is 3.32. The first-order chi connectivity index (χ1) is 15.2. The number of nitrogens with zero attached hydrogens (tertiary/aromatic N) is 3. The molecule has 2 fully saturated rings. The summed E-state index contributed by atoms with van der Waals surface area (Å²) in [6.07, 6.45) is 0.105. The van der Waals surface area contributed by atoms with E-state index in [1.165, 1.54) is 16.4 Å². The number of anilines is 2. The molecule has 0 aliphatic carbocycles. The molecule has 0 saturated carbocycles. The summed E-state index contributed by atoms with van der Waals surface area (Å²) >= 11 is 6.01. The largest absolute Gasteiger partial charge is 0.326 e. The molecule has 2 aliphatic rings. The highest BCUT2D eigenvalue weighted by Crippen LogP contribution is 2.28. The number of hydrogen-bond acceptors (Lipinski definition) is 5. The number of sulfonamides is 1. The Labute approximate surface area is 192 Å². The van der Waals surface area contributed by atoms with Gasteiger partial charge in [-0.05, 0) is 49.5 Å². The molecule has 2 amide bonds. The molecule has 1 N–H and O–H groups in total. The van der Waals surface area contributed by atoms with Crippen LogP contribution in [0, 0.1) is 5.92 Å². The van der Waals surface area contributed by atoms with Crippen LogP contribution < -0.4 is 10.2 Å². The first-order valence-corrected chi connectivity index (χ1v) is 12.2. The molecule has 0 spiro atoms. The van der Waals surface area contributed by atoms with E-state index in [2.05, 4.69) is 10.2 Å². The molecule has 2 aromatic carbocycles. The van der Waals surface area contributed by atoms with Crippen molar-refractivity contribution in [3.63, 3.8) is 0 Å². The highest BCUT2D eigenvalue weighted by molar-refractivity contribution is 7.89. The Morgan fingerprint density at radius 3 is 2.41 bits per heavy atom. The van der Waals surface area contributed by atoms with Crippen molar-refractivity contribution in [2.45, 2.75) is 11.3 Å². The van der Waals surface area contributed by atoms with E-state index in [1.54, 1.807) is 41.3 Å². The van der Waals surface area contributed by atoms with Crippen LogP contribution in [0.1, 0.15) is 6.42 Å². The van der Waals surface area contributed by atoms with Gasteiger partial charge >= 0.3 is 0 Å². The lowest BCUT2D eigenvalue weighted by Crippen LogP contribution is -2.46. The molecule has 170 valence electrons. The van der Waals surface area contributed by atoms with Crippen LogP contribution in [0.25, 0.3) is 0 Å². The summed E-state index contributed by atoms with van der Waals surface area (Å²) in [6.45, 7) is 2.56. The van der Waals surface area contributed by atoms with Gasteiger partial charge in [-0.15, -0.1) is 0 Å². The second kappa shape index (κ2) is 9.19. The standard InChI is InChI=1S/C22H25ClN4O4S/c1-25-9-11-26(12-10-25)32(30,31)20-7-5-18(6-8-20)24-22(29)16-13-21(28)27(15-16)19-4-2-3-17(23)14-19/h2-8,14,16H,9-13,15H2,1H3,(H,24,29). The first-order valence-electron chi connectivity index (χ1n) is 10.4. The van der Waals surface area contributed by atoms with Crippen LogP contribution in [0.2, 0.25) is 5.02 Å². The van der Waals surface area contributed by atoms with E-state index in [1.807, 2.05) is 7.05 Å². The van der Waals surface area contributed by atoms with Crippen molar-refractivity contribution in [1.29, 1.82) is 0 Å². The zero-order valence-corrected chi connectivity index (χ0v) is 19.3. The fourth-order valence-electron chi connectivity index (χ4n) is 3.91. The van der Waals surface area contributed by atoms with Gasteiger partial charge in [0.25, 0.3) is 0 Å².